The SMILES string of the molecule is O=C(NC(CCCc1ccccc1)CCCc1ccccc1)C1CCN(C(=O)[C@H](Cc2cccnc2)NC[C@@H](O)COc2cccc3ncccc23)CC1. The molecule has 9 heteroatoms. The zero-order valence-corrected chi connectivity index (χ0v) is 31.1. The van der Waals surface area contributed by atoms with Gasteiger partial charge in [0, 0.05) is 55.6 Å². The van der Waals surface area contributed by atoms with Gasteiger partial charge in [-0.05, 0) is 105 Å². The Balaban J connectivity index is 1.01. The maximum atomic E-state index is 14.0. The van der Waals surface area contributed by atoms with Crippen molar-refractivity contribution >= 4 is 22.7 Å². The first-order valence-electron chi connectivity index (χ1n) is 19.5. The third-order valence-electron chi connectivity index (χ3n) is 10.3. The number of nitrogens with zero attached hydrogens (tertiary/aromatic N) is 3. The fraction of sp³-hybridized carbons (Fsp3) is 0.378. The van der Waals surface area contributed by atoms with E-state index in [1.54, 1.807) is 18.6 Å². The molecule has 1 saturated heterocycles. The summed E-state index contributed by atoms with van der Waals surface area (Å²) in [5.74, 6) is 0.584. The summed E-state index contributed by atoms with van der Waals surface area (Å²) in [4.78, 5) is 38.1. The number of benzene rings is 3. The van der Waals surface area contributed by atoms with Crippen LogP contribution in [0.2, 0.25) is 0 Å². The number of aryl methyl sites for hydroxylation is 2. The molecule has 54 heavy (non-hydrogen) atoms. The molecule has 1 fully saturated rings. The molecular weight excluding hydrogens is 675 g/mol. The molecule has 5 aromatic rings. The lowest BCUT2D eigenvalue weighted by molar-refractivity contribution is -0.137. The van der Waals surface area contributed by atoms with E-state index in [1.807, 2.05) is 59.5 Å². The van der Waals surface area contributed by atoms with Crippen molar-refractivity contribution in [1.29, 1.82) is 0 Å². The van der Waals surface area contributed by atoms with E-state index in [-0.39, 0.29) is 36.9 Å². The molecule has 1 aliphatic rings. The van der Waals surface area contributed by atoms with E-state index < -0.39 is 12.1 Å². The molecule has 2 aromatic heterocycles. The van der Waals surface area contributed by atoms with Gasteiger partial charge in [-0.3, -0.25) is 19.6 Å². The number of rotatable bonds is 19. The van der Waals surface area contributed by atoms with E-state index in [0.29, 0.717) is 38.1 Å². The number of hydrogen-bond donors (Lipinski definition) is 3. The van der Waals surface area contributed by atoms with Gasteiger partial charge in [0.15, 0.2) is 0 Å². The third kappa shape index (κ3) is 11.7. The van der Waals surface area contributed by atoms with Crippen molar-refractivity contribution < 1.29 is 19.4 Å². The van der Waals surface area contributed by atoms with E-state index >= 15 is 0 Å². The number of ether oxygens (including phenoxy) is 1. The van der Waals surface area contributed by atoms with E-state index in [1.165, 1.54) is 11.1 Å². The van der Waals surface area contributed by atoms with Crippen molar-refractivity contribution in [2.75, 3.05) is 26.2 Å². The quantitative estimate of drug-likeness (QED) is 0.0910. The first-order valence-corrected chi connectivity index (χ1v) is 19.5. The van der Waals surface area contributed by atoms with Crippen LogP contribution in [0.25, 0.3) is 10.9 Å². The third-order valence-corrected chi connectivity index (χ3v) is 10.3. The molecule has 3 N–H and O–H groups in total. The van der Waals surface area contributed by atoms with Crippen LogP contribution in [0, 0.1) is 5.92 Å². The fourth-order valence-electron chi connectivity index (χ4n) is 7.31. The lowest BCUT2D eigenvalue weighted by atomic mass is 9.93. The highest BCUT2D eigenvalue weighted by atomic mass is 16.5. The Morgan fingerprint density at radius 1 is 0.796 bits per heavy atom. The highest BCUT2D eigenvalue weighted by Crippen LogP contribution is 2.24. The monoisotopic (exact) mass is 727 g/mol. The van der Waals surface area contributed by atoms with Gasteiger partial charge in [0.05, 0.1) is 11.6 Å². The Morgan fingerprint density at radius 3 is 2.13 bits per heavy atom. The summed E-state index contributed by atoms with van der Waals surface area (Å²) < 4.78 is 5.98. The second-order valence-corrected chi connectivity index (χ2v) is 14.4. The minimum absolute atomic E-state index is 0.0364. The van der Waals surface area contributed by atoms with Crippen molar-refractivity contribution in [3.8, 4) is 5.75 Å². The molecule has 2 amide bonds. The van der Waals surface area contributed by atoms with E-state index in [4.69, 9.17) is 4.74 Å². The zero-order chi connectivity index (χ0) is 37.4. The number of likely N-dealkylation sites (tertiary alicyclic amines) is 1. The van der Waals surface area contributed by atoms with E-state index in [2.05, 4.69) is 69.1 Å². The number of carbonyl (C=O) groups is 2. The van der Waals surface area contributed by atoms with Crippen LogP contribution < -0.4 is 15.4 Å². The predicted octanol–water partition coefficient (Wildman–Crippen LogP) is 6.34. The van der Waals surface area contributed by atoms with Gasteiger partial charge < -0.3 is 25.4 Å². The summed E-state index contributed by atoms with van der Waals surface area (Å²) in [6, 6.07) is 33.9. The molecular formula is C45H53N5O4. The molecule has 0 aliphatic carbocycles. The first kappa shape index (κ1) is 38.6. The van der Waals surface area contributed by atoms with E-state index in [9.17, 15) is 14.7 Å². The maximum Gasteiger partial charge on any atom is 0.240 e. The molecule has 0 saturated carbocycles. The van der Waals surface area contributed by atoms with Crippen LogP contribution in [0.5, 0.6) is 5.75 Å². The average molecular weight is 728 g/mol. The molecule has 3 heterocycles. The summed E-state index contributed by atoms with van der Waals surface area (Å²) in [6.45, 7) is 1.26. The second-order valence-electron chi connectivity index (χ2n) is 14.4. The van der Waals surface area contributed by atoms with Gasteiger partial charge in [-0.15, -0.1) is 0 Å². The molecule has 282 valence electrons. The smallest absolute Gasteiger partial charge is 0.240 e. The maximum absolute atomic E-state index is 14.0. The Bertz CT molecular complexity index is 1820. The Labute approximate surface area is 319 Å². The largest absolute Gasteiger partial charge is 0.490 e. The van der Waals surface area contributed by atoms with Crippen molar-refractivity contribution in [1.82, 2.24) is 25.5 Å². The highest BCUT2D eigenvalue weighted by molar-refractivity contribution is 5.85. The van der Waals surface area contributed by atoms with Gasteiger partial charge >= 0.3 is 0 Å². The van der Waals surface area contributed by atoms with E-state index in [0.717, 1.165) is 55.0 Å². The fourth-order valence-corrected chi connectivity index (χ4v) is 7.31. The van der Waals surface area contributed by atoms with Crippen LogP contribution in [0.1, 0.15) is 55.2 Å². The van der Waals surface area contributed by atoms with Crippen molar-refractivity contribution in [2.24, 2.45) is 5.92 Å². The van der Waals surface area contributed by atoms with Crippen molar-refractivity contribution in [3.05, 3.63) is 138 Å². The highest BCUT2D eigenvalue weighted by Gasteiger charge is 2.32. The number of piperidine rings is 1. The Morgan fingerprint density at radius 2 is 1.46 bits per heavy atom. The second kappa shape index (κ2) is 20.4. The van der Waals surface area contributed by atoms with Gasteiger partial charge in [-0.25, -0.2) is 0 Å². The number of aliphatic hydroxyl groups excluding tert-OH is 1. The topological polar surface area (TPSA) is 117 Å². The summed E-state index contributed by atoms with van der Waals surface area (Å²) in [5, 5.41) is 18.5. The summed E-state index contributed by atoms with van der Waals surface area (Å²) in [6.07, 6.45) is 11.9. The number of aromatic nitrogens is 2. The molecule has 2 atom stereocenters. The van der Waals surface area contributed by atoms with Crippen molar-refractivity contribution in [2.45, 2.75) is 76.0 Å². The number of nitrogens with one attached hydrogen (secondary N) is 2. The number of fused-ring (bicyclic) bond motifs is 1. The summed E-state index contributed by atoms with van der Waals surface area (Å²) in [7, 11) is 0. The molecule has 1 aliphatic heterocycles. The van der Waals surface area contributed by atoms with Gasteiger partial charge in [0.2, 0.25) is 11.8 Å². The number of carbonyl (C=O) groups excluding carboxylic acids is 2. The standard InChI is InChI=1S/C45H53N5O4/c51-39(33-54-43-23-9-22-41-40(43)21-11-27-47-41)32-48-42(30-36-18-10-26-46-31-36)45(53)50-28-24-37(25-29-50)44(52)49-38(19-7-16-34-12-3-1-4-13-34)20-8-17-35-14-5-2-6-15-35/h1-6,9-15,18,21-23,26-27,31,37-39,42,48,51H,7-8,16-17,19-20,24-25,28-30,32-33H2,(H,49,52)/t39-,42+/m1/s1. The Kier molecular flexibility index (Phi) is 14.6. The predicted molar refractivity (Wildman–Crippen MR) is 213 cm³/mol. The minimum Gasteiger partial charge on any atom is -0.490 e. The van der Waals surface area contributed by atoms with Crippen molar-refractivity contribution in [3.63, 3.8) is 0 Å². The van der Waals surface area contributed by atoms with Crippen LogP contribution in [-0.4, -0.2) is 76.2 Å². The molecule has 0 bridgehead atoms. The normalized spacial score (nSPS) is 14.5. The van der Waals surface area contributed by atoms with Crippen LogP contribution in [-0.2, 0) is 28.9 Å². The molecule has 3 aromatic carbocycles. The number of aliphatic hydroxyl groups is 1. The van der Waals surface area contributed by atoms with Gasteiger partial charge in [-0.1, -0.05) is 72.8 Å². The number of amides is 2. The Hall–Kier alpha value is -5.12. The van der Waals surface area contributed by atoms with Gasteiger partial charge in [0.25, 0.3) is 0 Å². The number of pyridine rings is 2. The molecule has 0 radical (unpaired) electrons. The van der Waals surface area contributed by atoms with Crippen LogP contribution in [0.3, 0.4) is 0 Å². The molecule has 9 nitrogen and oxygen atoms in total. The average Bonchev–Trinajstić information content (AvgIpc) is 3.22. The number of hydrogen-bond acceptors (Lipinski definition) is 7. The molecule has 6 rings (SSSR count). The van der Waals surface area contributed by atoms with Gasteiger partial charge in [0.1, 0.15) is 18.5 Å². The van der Waals surface area contributed by atoms with Crippen LogP contribution in [0.15, 0.2) is 122 Å². The summed E-state index contributed by atoms with van der Waals surface area (Å²) >= 11 is 0. The summed E-state index contributed by atoms with van der Waals surface area (Å²) in [5.41, 5.74) is 4.39. The molecule has 0 spiro atoms. The lowest BCUT2D eigenvalue weighted by Crippen LogP contribution is -2.53. The van der Waals surface area contributed by atoms with Crippen LogP contribution >= 0.6 is 0 Å². The first-order chi connectivity index (χ1) is 26.5. The lowest BCUT2D eigenvalue weighted by Gasteiger charge is -2.35. The van der Waals surface area contributed by atoms with Gasteiger partial charge in [-0.2, -0.15) is 0 Å². The zero-order valence-electron chi connectivity index (χ0n) is 31.1. The molecule has 0 unspecified atom stereocenters. The van der Waals surface area contributed by atoms with Crippen LogP contribution in [0.4, 0.5) is 0 Å². The minimum atomic E-state index is -0.844.